The number of rotatable bonds is 5. The molecule has 1 aliphatic carbocycles. The fourth-order valence-corrected chi connectivity index (χ4v) is 1.49. The minimum Gasteiger partial charge on any atom is -0.354 e. The van der Waals surface area contributed by atoms with E-state index >= 15 is 0 Å². The molecule has 0 radical (unpaired) electrons. The third-order valence-electron chi connectivity index (χ3n) is 2.84. The van der Waals surface area contributed by atoms with Gasteiger partial charge >= 0.3 is 0 Å². The summed E-state index contributed by atoms with van der Waals surface area (Å²) in [7, 11) is 0. The van der Waals surface area contributed by atoms with Crippen LogP contribution in [0.2, 0.25) is 0 Å². The number of carbonyl (C=O) groups excluding carboxylic acids is 2. The van der Waals surface area contributed by atoms with Crippen LogP contribution in [-0.4, -0.2) is 28.9 Å². The zero-order valence-electron chi connectivity index (χ0n) is 10.8. The number of nitrogens with two attached hydrogens (primary N) is 1. The highest BCUT2D eigenvalue weighted by Gasteiger charge is 2.45. The monoisotopic (exact) mass is 320 g/mol. The van der Waals surface area contributed by atoms with E-state index in [2.05, 4.69) is 15.6 Å². The summed E-state index contributed by atoms with van der Waals surface area (Å²) in [6, 6.07) is 3.41. The number of carbonyl (C=O) groups is 2. The molecule has 0 spiro atoms. The van der Waals surface area contributed by atoms with Crippen LogP contribution in [0.15, 0.2) is 24.5 Å². The fourth-order valence-electron chi connectivity index (χ4n) is 1.49. The molecule has 0 unspecified atom stereocenters. The largest absolute Gasteiger partial charge is 0.354 e. The first-order valence-corrected chi connectivity index (χ1v) is 5.87. The number of nitrogens with one attached hydrogen (secondary N) is 2. The summed E-state index contributed by atoms with van der Waals surface area (Å²) in [5, 5.41) is 5.37. The minimum absolute atomic E-state index is 0. The molecule has 1 heterocycles. The lowest BCUT2D eigenvalue weighted by Crippen LogP contribution is -2.43. The summed E-state index contributed by atoms with van der Waals surface area (Å²) in [4.78, 5) is 26.9. The lowest BCUT2D eigenvalue weighted by molar-refractivity contribution is -0.123. The van der Waals surface area contributed by atoms with Gasteiger partial charge in [0, 0.05) is 31.0 Å². The second-order valence-corrected chi connectivity index (χ2v) is 4.45. The van der Waals surface area contributed by atoms with E-state index in [4.69, 9.17) is 5.73 Å². The van der Waals surface area contributed by atoms with Crippen molar-refractivity contribution in [2.24, 2.45) is 5.73 Å². The molecule has 2 rings (SSSR count). The second kappa shape index (κ2) is 8.04. The van der Waals surface area contributed by atoms with E-state index in [1.54, 1.807) is 24.5 Å². The SMILES string of the molecule is Cl.Cl.NC1(C(=O)NCCC(=O)Nc2ccncc2)CC1. The summed E-state index contributed by atoms with van der Waals surface area (Å²) >= 11 is 0. The average Bonchev–Trinajstić information content (AvgIpc) is 3.10. The van der Waals surface area contributed by atoms with E-state index in [-0.39, 0.29) is 43.0 Å². The minimum atomic E-state index is -0.679. The molecule has 1 aliphatic rings. The molecule has 1 aromatic heterocycles. The van der Waals surface area contributed by atoms with Crippen molar-refractivity contribution in [3.63, 3.8) is 0 Å². The summed E-state index contributed by atoms with van der Waals surface area (Å²) in [6.07, 6.45) is 4.87. The molecule has 1 aromatic rings. The molecule has 4 N–H and O–H groups in total. The molecule has 1 saturated carbocycles. The zero-order valence-corrected chi connectivity index (χ0v) is 12.4. The molecular formula is C12H18Cl2N4O2. The van der Waals surface area contributed by atoms with Crippen molar-refractivity contribution in [2.45, 2.75) is 24.8 Å². The van der Waals surface area contributed by atoms with Crippen molar-refractivity contribution in [3.8, 4) is 0 Å². The van der Waals surface area contributed by atoms with Gasteiger partial charge in [-0.2, -0.15) is 0 Å². The van der Waals surface area contributed by atoms with E-state index in [0.29, 0.717) is 12.2 Å². The van der Waals surface area contributed by atoms with Crippen molar-refractivity contribution in [3.05, 3.63) is 24.5 Å². The Labute approximate surface area is 129 Å². The van der Waals surface area contributed by atoms with Crippen LogP contribution < -0.4 is 16.4 Å². The highest BCUT2D eigenvalue weighted by molar-refractivity contribution is 5.92. The van der Waals surface area contributed by atoms with Crippen LogP contribution in [0.3, 0.4) is 0 Å². The number of anilines is 1. The molecule has 1 fully saturated rings. The normalized spacial score (nSPS) is 14.2. The Morgan fingerprint density at radius 1 is 1.25 bits per heavy atom. The van der Waals surface area contributed by atoms with Gasteiger partial charge in [-0.15, -0.1) is 24.8 Å². The maximum Gasteiger partial charge on any atom is 0.240 e. The number of amides is 2. The predicted molar refractivity (Wildman–Crippen MR) is 81.1 cm³/mol. The van der Waals surface area contributed by atoms with Gasteiger partial charge in [-0.05, 0) is 25.0 Å². The van der Waals surface area contributed by atoms with Crippen LogP contribution in [0.1, 0.15) is 19.3 Å². The van der Waals surface area contributed by atoms with E-state index in [1.807, 2.05) is 0 Å². The van der Waals surface area contributed by atoms with Crippen LogP contribution in [-0.2, 0) is 9.59 Å². The highest BCUT2D eigenvalue weighted by atomic mass is 35.5. The van der Waals surface area contributed by atoms with E-state index in [9.17, 15) is 9.59 Å². The average molecular weight is 321 g/mol. The third kappa shape index (κ3) is 5.32. The predicted octanol–water partition coefficient (Wildman–Crippen LogP) is 0.861. The van der Waals surface area contributed by atoms with Crippen molar-refractivity contribution in [2.75, 3.05) is 11.9 Å². The summed E-state index contributed by atoms with van der Waals surface area (Å²) in [6.45, 7) is 0.300. The fraction of sp³-hybridized carbons (Fsp3) is 0.417. The van der Waals surface area contributed by atoms with Crippen molar-refractivity contribution in [1.82, 2.24) is 10.3 Å². The number of pyridine rings is 1. The Morgan fingerprint density at radius 2 is 1.85 bits per heavy atom. The first-order chi connectivity index (χ1) is 8.60. The molecule has 0 aliphatic heterocycles. The third-order valence-corrected chi connectivity index (χ3v) is 2.84. The number of halogens is 2. The van der Waals surface area contributed by atoms with Crippen LogP contribution in [0.5, 0.6) is 0 Å². The Morgan fingerprint density at radius 3 is 2.40 bits per heavy atom. The van der Waals surface area contributed by atoms with Crippen molar-refractivity contribution < 1.29 is 9.59 Å². The van der Waals surface area contributed by atoms with Crippen molar-refractivity contribution >= 4 is 42.3 Å². The quantitative estimate of drug-likeness (QED) is 0.749. The zero-order chi connectivity index (χ0) is 13.0. The maximum absolute atomic E-state index is 11.5. The molecule has 0 aromatic carbocycles. The molecular weight excluding hydrogens is 303 g/mol. The van der Waals surface area contributed by atoms with Crippen molar-refractivity contribution in [1.29, 1.82) is 0 Å². The first-order valence-electron chi connectivity index (χ1n) is 5.87. The van der Waals surface area contributed by atoms with Gasteiger partial charge in [0.2, 0.25) is 11.8 Å². The van der Waals surface area contributed by atoms with E-state index in [0.717, 1.165) is 12.8 Å². The molecule has 2 amide bonds. The Kier molecular flexibility index (Phi) is 7.49. The molecule has 0 atom stereocenters. The Balaban J connectivity index is 0.00000180. The van der Waals surface area contributed by atoms with E-state index < -0.39 is 5.54 Å². The molecule has 6 nitrogen and oxygen atoms in total. The van der Waals surface area contributed by atoms with Crippen LogP contribution >= 0.6 is 24.8 Å². The lowest BCUT2D eigenvalue weighted by Gasteiger charge is -2.10. The maximum atomic E-state index is 11.5. The Bertz CT molecular complexity index is 452. The van der Waals surface area contributed by atoms with Gasteiger partial charge in [0.25, 0.3) is 0 Å². The van der Waals surface area contributed by atoms with Gasteiger partial charge in [0.05, 0.1) is 5.54 Å². The second-order valence-electron chi connectivity index (χ2n) is 4.45. The van der Waals surface area contributed by atoms with Gasteiger partial charge in [0.15, 0.2) is 0 Å². The lowest BCUT2D eigenvalue weighted by atomic mass is 10.2. The summed E-state index contributed by atoms with van der Waals surface area (Å²) in [5.74, 6) is -0.317. The molecule has 0 bridgehead atoms. The van der Waals surface area contributed by atoms with E-state index in [1.165, 1.54) is 0 Å². The first kappa shape index (κ1) is 18.6. The van der Waals surface area contributed by atoms with Gasteiger partial charge in [-0.1, -0.05) is 0 Å². The number of nitrogens with zero attached hydrogens (tertiary/aromatic N) is 1. The number of aromatic nitrogens is 1. The van der Waals surface area contributed by atoms with Crippen LogP contribution in [0.25, 0.3) is 0 Å². The summed E-state index contributed by atoms with van der Waals surface area (Å²) < 4.78 is 0. The highest BCUT2D eigenvalue weighted by Crippen LogP contribution is 2.31. The van der Waals surface area contributed by atoms with Gasteiger partial charge < -0.3 is 16.4 Å². The Hall–Kier alpha value is -1.37. The molecule has 112 valence electrons. The summed E-state index contributed by atoms with van der Waals surface area (Å²) in [5.41, 5.74) is 5.73. The molecule has 0 saturated heterocycles. The number of hydrogen-bond donors (Lipinski definition) is 3. The van der Waals surface area contributed by atoms with Crippen LogP contribution in [0.4, 0.5) is 5.69 Å². The van der Waals surface area contributed by atoms with Gasteiger partial charge in [-0.25, -0.2) is 0 Å². The number of hydrogen-bond acceptors (Lipinski definition) is 4. The van der Waals surface area contributed by atoms with Gasteiger partial charge in [0.1, 0.15) is 0 Å². The topological polar surface area (TPSA) is 97.1 Å². The standard InChI is InChI=1S/C12H16N4O2.2ClH/c13-12(4-5-12)11(18)15-8-3-10(17)16-9-1-6-14-7-2-9;;/h1-2,6-7H,3-5,8,13H2,(H,15,18)(H,14,16,17);2*1H. The smallest absolute Gasteiger partial charge is 0.240 e. The van der Waals surface area contributed by atoms with Crippen LogP contribution in [0, 0.1) is 0 Å². The molecule has 8 heteroatoms. The van der Waals surface area contributed by atoms with Gasteiger partial charge in [-0.3, -0.25) is 14.6 Å². The molecule has 20 heavy (non-hydrogen) atoms.